The number of rotatable bonds is 9. The highest BCUT2D eigenvalue weighted by atomic mass is 16.5. The van der Waals surface area contributed by atoms with Gasteiger partial charge in [0.1, 0.15) is 0 Å². The van der Waals surface area contributed by atoms with Crippen molar-refractivity contribution in [3.63, 3.8) is 0 Å². The molecule has 0 aliphatic heterocycles. The Bertz CT molecular complexity index is 274. The van der Waals surface area contributed by atoms with Gasteiger partial charge in [0.15, 0.2) is 0 Å². The molecule has 0 spiro atoms. The van der Waals surface area contributed by atoms with Crippen LogP contribution in [0.25, 0.3) is 0 Å². The molecule has 0 saturated heterocycles. The zero-order valence-electron chi connectivity index (χ0n) is 10.7. The molecule has 1 aromatic rings. The first-order valence-electron chi connectivity index (χ1n) is 6.01. The van der Waals surface area contributed by atoms with E-state index in [1.807, 2.05) is 31.6 Å². The molecule has 0 bridgehead atoms. The number of aromatic nitrogens is 1. The molecule has 4 heteroatoms. The van der Waals surface area contributed by atoms with Crippen LogP contribution in [-0.4, -0.2) is 45.0 Å². The summed E-state index contributed by atoms with van der Waals surface area (Å²) in [5.41, 5.74) is 1.31. The topological polar surface area (TPSA) is 43.4 Å². The summed E-state index contributed by atoms with van der Waals surface area (Å²) in [5, 5.41) is 3.10. The van der Waals surface area contributed by atoms with Gasteiger partial charge in [0.2, 0.25) is 0 Å². The maximum absolute atomic E-state index is 5.74. The predicted molar refractivity (Wildman–Crippen MR) is 68.1 cm³/mol. The van der Waals surface area contributed by atoms with E-state index in [2.05, 4.69) is 10.3 Å². The minimum atomic E-state index is 0.141. The van der Waals surface area contributed by atoms with Gasteiger partial charge in [-0.1, -0.05) is 0 Å². The normalized spacial score (nSPS) is 12.6. The third kappa shape index (κ3) is 6.36. The van der Waals surface area contributed by atoms with Crippen LogP contribution in [0.1, 0.15) is 12.0 Å². The van der Waals surface area contributed by atoms with Crippen LogP contribution in [0.4, 0.5) is 0 Å². The van der Waals surface area contributed by atoms with E-state index < -0.39 is 0 Å². The lowest BCUT2D eigenvalue weighted by atomic mass is 10.1. The summed E-state index contributed by atoms with van der Waals surface area (Å²) in [4.78, 5) is 3.99. The van der Waals surface area contributed by atoms with Crippen LogP contribution >= 0.6 is 0 Å². The molecule has 0 aromatic carbocycles. The van der Waals surface area contributed by atoms with Crippen molar-refractivity contribution in [2.75, 3.05) is 33.9 Å². The van der Waals surface area contributed by atoms with Gasteiger partial charge in [0, 0.05) is 32.7 Å². The average Bonchev–Trinajstić information content (AvgIpc) is 2.36. The molecule has 0 aliphatic rings. The van der Waals surface area contributed by atoms with E-state index >= 15 is 0 Å². The third-order valence-corrected chi connectivity index (χ3v) is 2.50. The first kappa shape index (κ1) is 14.1. The van der Waals surface area contributed by atoms with E-state index in [-0.39, 0.29) is 6.10 Å². The molecule has 0 aliphatic carbocycles. The summed E-state index contributed by atoms with van der Waals surface area (Å²) in [5.74, 6) is 0. The maximum Gasteiger partial charge on any atom is 0.0932 e. The van der Waals surface area contributed by atoms with Gasteiger partial charge in [-0.3, -0.25) is 4.98 Å². The second kappa shape index (κ2) is 9.10. The lowest BCUT2D eigenvalue weighted by Crippen LogP contribution is -2.31. The standard InChI is InChI=1S/C13H22N2O2/c1-14-10-13(11-16-2)17-9-3-4-12-5-7-15-8-6-12/h5-8,13-14H,3-4,9-11H2,1-2H3. The van der Waals surface area contributed by atoms with Gasteiger partial charge in [0.05, 0.1) is 12.7 Å². The van der Waals surface area contributed by atoms with Crippen molar-refractivity contribution in [3.05, 3.63) is 30.1 Å². The number of ether oxygens (including phenoxy) is 2. The molecule has 1 heterocycles. The van der Waals surface area contributed by atoms with E-state index in [0.717, 1.165) is 26.0 Å². The van der Waals surface area contributed by atoms with E-state index in [1.165, 1.54) is 5.56 Å². The van der Waals surface area contributed by atoms with Crippen molar-refractivity contribution in [1.29, 1.82) is 0 Å². The van der Waals surface area contributed by atoms with Crippen molar-refractivity contribution in [2.24, 2.45) is 0 Å². The average molecular weight is 238 g/mol. The molecule has 4 nitrogen and oxygen atoms in total. The SMILES string of the molecule is CNCC(COC)OCCCc1ccncc1. The van der Waals surface area contributed by atoms with Crippen molar-refractivity contribution in [1.82, 2.24) is 10.3 Å². The van der Waals surface area contributed by atoms with Crippen LogP contribution in [0, 0.1) is 0 Å². The first-order chi connectivity index (χ1) is 8.36. The molecule has 1 N–H and O–H groups in total. The Kier molecular flexibility index (Phi) is 7.54. The second-order valence-electron chi connectivity index (χ2n) is 3.96. The fourth-order valence-electron chi connectivity index (χ4n) is 1.66. The highest BCUT2D eigenvalue weighted by molar-refractivity contribution is 5.09. The molecule has 0 fully saturated rings. The number of aryl methyl sites for hydroxylation is 1. The van der Waals surface area contributed by atoms with Crippen molar-refractivity contribution in [3.8, 4) is 0 Å². The van der Waals surface area contributed by atoms with Crippen LogP contribution in [0.5, 0.6) is 0 Å². The van der Waals surface area contributed by atoms with Gasteiger partial charge in [-0.05, 0) is 37.6 Å². The molecule has 96 valence electrons. The van der Waals surface area contributed by atoms with Crippen molar-refractivity contribution < 1.29 is 9.47 Å². The molecule has 0 radical (unpaired) electrons. The number of hydrogen-bond acceptors (Lipinski definition) is 4. The molecule has 1 aromatic heterocycles. The zero-order chi connectivity index (χ0) is 12.3. The monoisotopic (exact) mass is 238 g/mol. The number of methoxy groups -OCH3 is 1. The van der Waals surface area contributed by atoms with Gasteiger partial charge in [-0.25, -0.2) is 0 Å². The fourth-order valence-corrected chi connectivity index (χ4v) is 1.66. The molecule has 0 saturated carbocycles. The van der Waals surface area contributed by atoms with E-state index in [0.29, 0.717) is 6.61 Å². The van der Waals surface area contributed by atoms with Gasteiger partial charge in [0.25, 0.3) is 0 Å². The second-order valence-corrected chi connectivity index (χ2v) is 3.96. The predicted octanol–water partition coefficient (Wildman–Crippen LogP) is 1.27. The fraction of sp³-hybridized carbons (Fsp3) is 0.615. The number of hydrogen-bond donors (Lipinski definition) is 1. The van der Waals surface area contributed by atoms with E-state index in [1.54, 1.807) is 7.11 Å². The number of likely N-dealkylation sites (N-methyl/N-ethyl adjacent to an activating group) is 1. The summed E-state index contributed by atoms with van der Waals surface area (Å²) < 4.78 is 10.8. The van der Waals surface area contributed by atoms with Crippen LogP contribution in [0.2, 0.25) is 0 Å². The highest BCUT2D eigenvalue weighted by Crippen LogP contribution is 2.02. The Hall–Kier alpha value is -0.970. The first-order valence-corrected chi connectivity index (χ1v) is 6.01. The van der Waals surface area contributed by atoms with Crippen molar-refractivity contribution >= 4 is 0 Å². The molecule has 0 amide bonds. The Labute approximate surface area is 103 Å². The van der Waals surface area contributed by atoms with Gasteiger partial charge in [-0.15, -0.1) is 0 Å². The molecule has 1 atom stereocenters. The Morgan fingerprint density at radius 2 is 2.12 bits per heavy atom. The van der Waals surface area contributed by atoms with Crippen LogP contribution in [-0.2, 0) is 15.9 Å². The van der Waals surface area contributed by atoms with Crippen molar-refractivity contribution in [2.45, 2.75) is 18.9 Å². The molecular formula is C13H22N2O2. The van der Waals surface area contributed by atoms with Crippen LogP contribution in [0.15, 0.2) is 24.5 Å². The molecule has 1 unspecified atom stereocenters. The lowest BCUT2D eigenvalue weighted by molar-refractivity contribution is -0.000797. The van der Waals surface area contributed by atoms with E-state index in [4.69, 9.17) is 9.47 Å². The van der Waals surface area contributed by atoms with E-state index in [9.17, 15) is 0 Å². The Morgan fingerprint density at radius 1 is 1.35 bits per heavy atom. The number of nitrogens with one attached hydrogen (secondary N) is 1. The Balaban J connectivity index is 2.13. The van der Waals surface area contributed by atoms with Gasteiger partial charge < -0.3 is 14.8 Å². The highest BCUT2D eigenvalue weighted by Gasteiger charge is 2.06. The third-order valence-electron chi connectivity index (χ3n) is 2.50. The van der Waals surface area contributed by atoms with Gasteiger partial charge >= 0.3 is 0 Å². The van der Waals surface area contributed by atoms with Crippen LogP contribution < -0.4 is 5.32 Å². The number of nitrogens with zero attached hydrogens (tertiary/aromatic N) is 1. The Morgan fingerprint density at radius 3 is 2.76 bits per heavy atom. The maximum atomic E-state index is 5.74. The quantitative estimate of drug-likeness (QED) is 0.658. The smallest absolute Gasteiger partial charge is 0.0932 e. The number of pyridine rings is 1. The molecular weight excluding hydrogens is 216 g/mol. The zero-order valence-corrected chi connectivity index (χ0v) is 10.7. The minimum absolute atomic E-state index is 0.141. The summed E-state index contributed by atoms with van der Waals surface area (Å²) in [7, 11) is 3.62. The summed E-state index contributed by atoms with van der Waals surface area (Å²) >= 11 is 0. The minimum Gasteiger partial charge on any atom is -0.382 e. The van der Waals surface area contributed by atoms with Gasteiger partial charge in [-0.2, -0.15) is 0 Å². The lowest BCUT2D eigenvalue weighted by Gasteiger charge is -2.16. The summed E-state index contributed by atoms with van der Waals surface area (Å²) in [6, 6.07) is 4.08. The summed E-state index contributed by atoms with van der Waals surface area (Å²) in [6.45, 7) is 2.22. The largest absolute Gasteiger partial charge is 0.382 e. The van der Waals surface area contributed by atoms with Crippen LogP contribution in [0.3, 0.4) is 0 Å². The molecule has 17 heavy (non-hydrogen) atoms. The summed E-state index contributed by atoms with van der Waals surface area (Å²) in [6.07, 6.45) is 5.84. The molecule has 1 rings (SSSR count).